The minimum Gasteiger partial charge on any atom is -0.480 e. The second-order valence-electron chi connectivity index (χ2n) is 4.48. The quantitative estimate of drug-likeness (QED) is 0.596. The number of terminal acetylenes is 1. The van der Waals surface area contributed by atoms with Crippen molar-refractivity contribution in [1.82, 2.24) is 5.32 Å². The number of aliphatic carboxylic acids is 1. The van der Waals surface area contributed by atoms with Crippen molar-refractivity contribution in [2.45, 2.75) is 31.7 Å². The Labute approximate surface area is 121 Å². The summed E-state index contributed by atoms with van der Waals surface area (Å²) in [6.07, 6.45) is 5.95. The third-order valence-electron chi connectivity index (χ3n) is 2.80. The lowest BCUT2D eigenvalue weighted by molar-refractivity contribution is -0.141. The zero-order valence-electron chi connectivity index (χ0n) is 11.2. The standard InChI is InChI=1S/C15H15F2NO3/c1-2-3-4-5-13(15(20)21)18-14(19)9-10-6-7-11(16)12(17)8-10/h1,6-8,13H,3-5,9H2,(H,18,19)(H,20,21)/t13-/m1/s1. The van der Waals surface area contributed by atoms with Crippen molar-refractivity contribution in [3.63, 3.8) is 0 Å². The second-order valence-corrected chi connectivity index (χ2v) is 4.48. The van der Waals surface area contributed by atoms with Gasteiger partial charge in [0.05, 0.1) is 6.42 Å². The Kier molecular flexibility index (Phi) is 6.34. The topological polar surface area (TPSA) is 66.4 Å². The zero-order chi connectivity index (χ0) is 15.8. The summed E-state index contributed by atoms with van der Waals surface area (Å²) in [6.45, 7) is 0. The van der Waals surface area contributed by atoms with Crippen molar-refractivity contribution >= 4 is 11.9 Å². The van der Waals surface area contributed by atoms with Crippen LogP contribution in [0.2, 0.25) is 0 Å². The summed E-state index contributed by atoms with van der Waals surface area (Å²) in [5, 5.41) is 11.3. The van der Waals surface area contributed by atoms with Crippen LogP contribution in [0.3, 0.4) is 0 Å². The van der Waals surface area contributed by atoms with E-state index in [4.69, 9.17) is 11.5 Å². The molecule has 1 rings (SSSR count). The fourth-order valence-corrected chi connectivity index (χ4v) is 1.75. The molecular weight excluding hydrogens is 280 g/mol. The molecule has 0 unspecified atom stereocenters. The van der Waals surface area contributed by atoms with E-state index >= 15 is 0 Å². The highest BCUT2D eigenvalue weighted by molar-refractivity contribution is 5.84. The predicted molar refractivity (Wildman–Crippen MR) is 72.3 cm³/mol. The van der Waals surface area contributed by atoms with Gasteiger partial charge in [-0.1, -0.05) is 6.07 Å². The summed E-state index contributed by atoms with van der Waals surface area (Å²) in [4.78, 5) is 22.7. The number of carbonyl (C=O) groups excluding carboxylic acids is 1. The predicted octanol–water partition coefficient (Wildman–Crippen LogP) is 1.88. The van der Waals surface area contributed by atoms with Gasteiger partial charge in [-0.15, -0.1) is 12.3 Å². The first-order valence-electron chi connectivity index (χ1n) is 6.33. The molecule has 0 aromatic heterocycles. The summed E-state index contributed by atoms with van der Waals surface area (Å²) in [5.74, 6) is -1.41. The van der Waals surface area contributed by atoms with Crippen LogP contribution in [0.5, 0.6) is 0 Å². The summed E-state index contributed by atoms with van der Waals surface area (Å²) < 4.78 is 25.8. The number of carboxylic acid groups (broad SMARTS) is 1. The Morgan fingerprint density at radius 2 is 2.05 bits per heavy atom. The van der Waals surface area contributed by atoms with Gasteiger partial charge in [-0.2, -0.15) is 0 Å². The van der Waals surface area contributed by atoms with Crippen molar-refractivity contribution in [3.8, 4) is 12.3 Å². The minimum absolute atomic E-state index is 0.211. The highest BCUT2D eigenvalue weighted by Crippen LogP contribution is 2.09. The van der Waals surface area contributed by atoms with E-state index in [1.54, 1.807) is 0 Å². The number of carboxylic acids is 1. The molecule has 0 saturated carbocycles. The third kappa shape index (κ3) is 5.61. The fraction of sp³-hybridized carbons (Fsp3) is 0.333. The largest absolute Gasteiger partial charge is 0.480 e. The van der Waals surface area contributed by atoms with Crippen LogP contribution in [0.25, 0.3) is 0 Å². The van der Waals surface area contributed by atoms with E-state index in [1.165, 1.54) is 6.07 Å². The molecule has 0 bridgehead atoms. The Bertz CT molecular complexity index is 567. The van der Waals surface area contributed by atoms with Gasteiger partial charge in [-0.25, -0.2) is 13.6 Å². The van der Waals surface area contributed by atoms with Gasteiger partial charge in [-0.3, -0.25) is 4.79 Å². The first kappa shape index (κ1) is 16.6. The average Bonchev–Trinajstić information content (AvgIpc) is 2.42. The number of nitrogens with one attached hydrogen (secondary N) is 1. The molecule has 21 heavy (non-hydrogen) atoms. The number of hydrogen-bond acceptors (Lipinski definition) is 2. The Morgan fingerprint density at radius 1 is 1.33 bits per heavy atom. The Hall–Kier alpha value is -2.42. The van der Waals surface area contributed by atoms with Crippen LogP contribution in [0.1, 0.15) is 24.8 Å². The first-order chi connectivity index (χ1) is 9.93. The van der Waals surface area contributed by atoms with Crippen molar-refractivity contribution in [2.24, 2.45) is 0 Å². The van der Waals surface area contributed by atoms with Crippen LogP contribution in [-0.2, 0) is 16.0 Å². The number of unbranched alkanes of at least 4 members (excludes halogenated alkanes) is 1. The van der Waals surface area contributed by atoms with E-state index in [1.807, 2.05) is 0 Å². The maximum atomic E-state index is 13.0. The van der Waals surface area contributed by atoms with E-state index < -0.39 is 29.6 Å². The third-order valence-corrected chi connectivity index (χ3v) is 2.80. The molecule has 0 spiro atoms. The fourth-order valence-electron chi connectivity index (χ4n) is 1.75. The van der Waals surface area contributed by atoms with Crippen LogP contribution in [-0.4, -0.2) is 23.0 Å². The first-order valence-corrected chi connectivity index (χ1v) is 6.33. The van der Waals surface area contributed by atoms with Gasteiger partial charge in [0.15, 0.2) is 11.6 Å². The molecule has 0 aliphatic heterocycles. The van der Waals surface area contributed by atoms with Crippen molar-refractivity contribution in [1.29, 1.82) is 0 Å². The SMILES string of the molecule is C#CCCC[C@@H](NC(=O)Cc1ccc(F)c(F)c1)C(=O)O. The number of carbonyl (C=O) groups is 2. The molecular formula is C15H15F2NO3. The molecule has 0 radical (unpaired) electrons. The monoisotopic (exact) mass is 295 g/mol. The molecule has 0 fully saturated rings. The number of rotatable bonds is 7. The Balaban J connectivity index is 2.59. The van der Waals surface area contributed by atoms with Gasteiger partial charge in [0.2, 0.25) is 5.91 Å². The van der Waals surface area contributed by atoms with E-state index in [0.717, 1.165) is 12.1 Å². The van der Waals surface area contributed by atoms with Gasteiger partial charge in [0, 0.05) is 6.42 Å². The van der Waals surface area contributed by atoms with Gasteiger partial charge in [-0.05, 0) is 30.5 Å². The smallest absolute Gasteiger partial charge is 0.326 e. The Morgan fingerprint density at radius 3 is 2.62 bits per heavy atom. The number of benzene rings is 1. The van der Waals surface area contributed by atoms with Gasteiger partial charge in [0.1, 0.15) is 6.04 Å². The summed E-state index contributed by atoms with van der Waals surface area (Å²) >= 11 is 0. The van der Waals surface area contributed by atoms with E-state index in [2.05, 4.69) is 11.2 Å². The molecule has 0 heterocycles. The molecule has 6 heteroatoms. The number of hydrogen-bond donors (Lipinski definition) is 2. The van der Waals surface area contributed by atoms with Gasteiger partial charge < -0.3 is 10.4 Å². The summed E-state index contributed by atoms with van der Waals surface area (Å²) in [7, 11) is 0. The highest BCUT2D eigenvalue weighted by Gasteiger charge is 2.19. The van der Waals surface area contributed by atoms with Crippen LogP contribution in [0.15, 0.2) is 18.2 Å². The van der Waals surface area contributed by atoms with Gasteiger partial charge in [0.25, 0.3) is 0 Å². The van der Waals surface area contributed by atoms with E-state index in [0.29, 0.717) is 12.8 Å². The van der Waals surface area contributed by atoms with Crippen molar-refractivity contribution in [2.75, 3.05) is 0 Å². The average molecular weight is 295 g/mol. The van der Waals surface area contributed by atoms with E-state index in [9.17, 15) is 18.4 Å². The molecule has 1 amide bonds. The molecule has 0 aliphatic rings. The van der Waals surface area contributed by atoms with Crippen molar-refractivity contribution < 1.29 is 23.5 Å². The minimum atomic E-state index is -1.16. The zero-order valence-corrected chi connectivity index (χ0v) is 11.2. The van der Waals surface area contributed by atoms with Crippen molar-refractivity contribution in [3.05, 3.63) is 35.4 Å². The maximum absolute atomic E-state index is 13.0. The lowest BCUT2D eigenvalue weighted by Gasteiger charge is -2.14. The lowest BCUT2D eigenvalue weighted by Crippen LogP contribution is -2.41. The van der Waals surface area contributed by atoms with Crippen LogP contribution < -0.4 is 5.32 Å². The molecule has 0 saturated heterocycles. The summed E-state index contributed by atoms with van der Waals surface area (Å²) in [6, 6.07) is 2.05. The molecule has 1 aromatic rings. The highest BCUT2D eigenvalue weighted by atomic mass is 19.2. The van der Waals surface area contributed by atoms with Crippen LogP contribution in [0.4, 0.5) is 8.78 Å². The molecule has 1 aromatic carbocycles. The molecule has 4 nitrogen and oxygen atoms in total. The van der Waals surface area contributed by atoms with E-state index in [-0.39, 0.29) is 18.4 Å². The number of amides is 1. The molecule has 1 atom stereocenters. The lowest BCUT2D eigenvalue weighted by atomic mass is 10.1. The van der Waals surface area contributed by atoms with Crippen LogP contribution in [0, 0.1) is 24.0 Å². The molecule has 2 N–H and O–H groups in total. The summed E-state index contributed by atoms with van der Waals surface area (Å²) in [5.41, 5.74) is 0.263. The van der Waals surface area contributed by atoms with Gasteiger partial charge >= 0.3 is 5.97 Å². The number of halogens is 2. The maximum Gasteiger partial charge on any atom is 0.326 e. The molecule has 0 aliphatic carbocycles. The van der Waals surface area contributed by atoms with Crippen LogP contribution >= 0.6 is 0 Å². The normalized spacial score (nSPS) is 11.5. The second kappa shape index (κ2) is 8.00. The molecule has 112 valence electrons.